The fourth-order valence-corrected chi connectivity index (χ4v) is 4.19. The molecule has 2 N–H and O–H groups in total. The van der Waals surface area contributed by atoms with Crippen molar-refractivity contribution in [3.05, 3.63) is 86.9 Å². The van der Waals surface area contributed by atoms with Crippen LogP contribution in [0.2, 0.25) is 5.02 Å². The highest BCUT2D eigenvalue weighted by molar-refractivity contribution is 9.10. The van der Waals surface area contributed by atoms with Gasteiger partial charge in [-0.15, -0.1) is 0 Å². The maximum atomic E-state index is 13.0. The molecule has 0 saturated heterocycles. The van der Waals surface area contributed by atoms with Crippen molar-refractivity contribution < 1.29 is 14.3 Å². The van der Waals surface area contributed by atoms with E-state index in [-0.39, 0.29) is 17.5 Å². The summed E-state index contributed by atoms with van der Waals surface area (Å²) in [6, 6.07) is 12.4. The third-order valence-electron chi connectivity index (χ3n) is 5.59. The van der Waals surface area contributed by atoms with Crippen LogP contribution in [0.4, 0.5) is 11.4 Å². The Morgan fingerprint density at radius 3 is 2.36 bits per heavy atom. The van der Waals surface area contributed by atoms with Crippen LogP contribution in [0.25, 0.3) is 0 Å². The number of aromatic nitrogens is 4. The molecule has 2 aromatic carbocycles. The van der Waals surface area contributed by atoms with Gasteiger partial charge in [0.25, 0.3) is 11.8 Å². The predicted octanol–water partition coefficient (Wildman–Crippen LogP) is 5.44. The molecule has 0 saturated carbocycles. The van der Waals surface area contributed by atoms with Crippen LogP contribution in [0.15, 0.2) is 59.3 Å². The Balaban J connectivity index is 1.44. The highest BCUT2D eigenvalue weighted by Gasteiger charge is 2.21. The van der Waals surface area contributed by atoms with E-state index in [9.17, 15) is 9.59 Å². The first-order valence-electron chi connectivity index (χ1n) is 11.1. The largest absolute Gasteiger partial charge is 0.487 e. The van der Waals surface area contributed by atoms with Crippen LogP contribution in [0.5, 0.6) is 5.75 Å². The normalized spacial score (nSPS) is 10.8. The van der Waals surface area contributed by atoms with E-state index in [1.54, 1.807) is 54.3 Å². The van der Waals surface area contributed by atoms with E-state index in [1.807, 2.05) is 19.9 Å². The fraction of sp³-hybridized carbons (Fsp3) is 0.200. The van der Waals surface area contributed by atoms with Gasteiger partial charge in [0.1, 0.15) is 18.1 Å². The summed E-state index contributed by atoms with van der Waals surface area (Å²) in [5.41, 5.74) is 3.27. The molecule has 2 heterocycles. The number of anilines is 2. The summed E-state index contributed by atoms with van der Waals surface area (Å²) in [5, 5.41) is 14.5. The SMILES string of the molecule is CCn1ncc(NC(=O)c2ccc(COc3ccc(Br)cc3Cl)cc2)c1C(=O)Nc1cnn(C)c1C. The van der Waals surface area contributed by atoms with Crippen LogP contribution in [0.1, 0.15) is 39.0 Å². The highest BCUT2D eigenvalue weighted by atomic mass is 79.9. The molecule has 4 rings (SSSR count). The second-order valence-electron chi connectivity index (χ2n) is 7.96. The van der Waals surface area contributed by atoms with Gasteiger partial charge in [0.05, 0.1) is 34.5 Å². The van der Waals surface area contributed by atoms with Crippen molar-refractivity contribution in [3.63, 3.8) is 0 Å². The number of halogens is 2. The van der Waals surface area contributed by atoms with Gasteiger partial charge in [-0.3, -0.25) is 19.0 Å². The molecule has 0 aliphatic heterocycles. The number of carbonyl (C=O) groups excluding carboxylic acids is 2. The molecular weight excluding hydrogens is 548 g/mol. The van der Waals surface area contributed by atoms with Gasteiger partial charge in [-0.1, -0.05) is 39.7 Å². The molecule has 2 aromatic heterocycles. The molecule has 0 radical (unpaired) electrons. The summed E-state index contributed by atoms with van der Waals surface area (Å²) < 4.78 is 9.84. The minimum absolute atomic E-state index is 0.255. The summed E-state index contributed by atoms with van der Waals surface area (Å²) in [7, 11) is 1.79. The number of carbonyl (C=O) groups is 2. The van der Waals surface area contributed by atoms with E-state index in [0.717, 1.165) is 15.7 Å². The quantitative estimate of drug-likeness (QED) is 0.293. The van der Waals surface area contributed by atoms with Crippen molar-refractivity contribution in [1.82, 2.24) is 19.6 Å². The van der Waals surface area contributed by atoms with Gasteiger partial charge >= 0.3 is 0 Å². The molecule has 0 atom stereocenters. The topological polar surface area (TPSA) is 103 Å². The van der Waals surface area contributed by atoms with Crippen molar-refractivity contribution in [2.24, 2.45) is 7.05 Å². The molecule has 2 amide bonds. The zero-order valence-corrected chi connectivity index (χ0v) is 22.2. The Bertz CT molecular complexity index is 1410. The number of hydrogen-bond acceptors (Lipinski definition) is 5. The zero-order valence-electron chi connectivity index (χ0n) is 19.9. The van der Waals surface area contributed by atoms with Gasteiger partial charge in [0.2, 0.25) is 0 Å². The summed E-state index contributed by atoms with van der Waals surface area (Å²) >= 11 is 9.56. The highest BCUT2D eigenvalue weighted by Crippen LogP contribution is 2.28. The van der Waals surface area contributed by atoms with E-state index in [0.29, 0.717) is 40.9 Å². The molecule has 9 nitrogen and oxygen atoms in total. The number of rotatable bonds is 8. The first-order chi connectivity index (χ1) is 17.3. The predicted molar refractivity (Wildman–Crippen MR) is 142 cm³/mol. The van der Waals surface area contributed by atoms with Crippen molar-refractivity contribution in [3.8, 4) is 5.75 Å². The standard InChI is InChI=1S/C25H24BrClN6O3/c1-4-33-23(25(35)30-20-12-28-32(3)15(20)2)21(13-29-33)31-24(34)17-7-5-16(6-8-17)14-36-22-10-9-18(26)11-19(22)27/h5-13H,4,14H2,1-3H3,(H,30,35)(H,31,34). The van der Waals surface area contributed by atoms with E-state index in [4.69, 9.17) is 16.3 Å². The molecule has 186 valence electrons. The second kappa shape index (κ2) is 11.0. The van der Waals surface area contributed by atoms with E-state index >= 15 is 0 Å². The minimum atomic E-state index is -0.389. The molecule has 4 aromatic rings. The monoisotopic (exact) mass is 570 g/mol. The molecule has 0 aliphatic carbocycles. The van der Waals surface area contributed by atoms with Crippen LogP contribution >= 0.6 is 27.5 Å². The maximum Gasteiger partial charge on any atom is 0.276 e. The van der Waals surface area contributed by atoms with Gasteiger partial charge in [-0.25, -0.2) is 0 Å². The summed E-state index contributed by atoms with van der Waals surface area (Å²) in [6.07, 6.45) is 3.05. The average molecular weight is 572 g/mol. The van der Waals surface area contributed by atoms with Gasteiger partial charge in [0.15, 0.2) is 0 Å². The smallest absolute Gasteiger partial charge is 0.276 e. The van der Waals surface area contributed by atoms with Crippen LogP contribution in [0, 0.1) is 6.92 Å². The van der Waals surface area contributed by atoms with Crippen molar-refractivity contribution in [2.75, 3.05) is 10.6 Å². The van der Waals surface area contributed by atoms with Crippen molar-refractivity contribution >= 4 is 50.7 Å². The molecule has 36 heavy (non-hydrogen) atoms. The third kappa shape index (κ3) is 5.60. The lowest BCUT2D eigenvalue weighted by molar-refractivity contribution is 0.101. The Morgan fingerprint density at radius 1 is 1.03 bits per heavy atom. The molecule has 0 spiro atoms. The van der Waals surface area contributed by atoms with Crippen molar-refractivity contribution in [1.29, 1.82) is 0 Å². The number of amides is 2. The van der Waals surface area contributed by atoms with Crippen molar-refractivity contribution in [2.45, 2.75) is 27.0 Å². The van der Waals surface area contributed by atoms with E-state index in [1.165, 1.54) is 10.9 Å². The second-order valence-corrected chi connectivity index (χ2v) is 9.28. The number of ether oxygens (including phenoxy) is 1. The van der Waals surface area contributed by atoms with Crippen LogP contribution in [0.3, 0.4) is 0 Å². The molecule has 0 fully saturated rings. The molecule has 11 heteroatoms. The minimum Gasteiger partial charge on any atom is -0.487 e. The van der Waals surface area contributed by atoms with Crippen LogP contribution in [-0.2, 0) is 20.2 Å². The summed E-state index contributed by atoms with van der Waals surface area (Å²) in [4.78, 5) is 26.0. The number of nitrogens with zero attached hydrogens (tertiary/aromatic N) is 4. The molecular formula is C25H24BrClN6O3. The third-order valence-corrected chi connectivity index (χ3v) is 6.38. The van der Waals surface area contributed by atoms with Gasteiger partial charge in [-0.2, -0.15) is 10.2 Å². The maximum absolute atomic E-state index is 13.0. The zero-order chi connectivity index (χ0) is 25.8. The lowest BCUT2D eigenvalue weighted by Crippen LogP contribution is -2.21. The van der Waals surface area contributed by atoms with Gasteiger partial charge < -0.3 is 15.4 Å². The first-order valence-corrected chi connectivity index (χ1v) is 12.3. The van der Waals surface area contributed by atoms with Crippen LogP contribution < -0.4 is 15.4 Å². The Morgan fingerprint density at radius 2 is 1.72 bits per heavy atom. The Kier molecular flexibility index (Phi) is 7.76. The summed E-state index contributed by atoms with van der Waals surface area (Å²) in [6.45, 7) is 4.48. The number of aryl methyl sites for hydroxylation is 2. The summed E-state index contributed by atoms with van der Waals surface area (Å²) in [5.74, 6) is -0.178. The lowest BCUT2D eigenvalue weighted by atomic mass is 10.1. The molecule has 0 unspecified atom stereocenters. The first kappa shape index (κ1) is 25.5. The Hall–Kier alpha value is -3.63. The average Bonchev–Trinajstić information content (AvgIpc) is 3.41. The number of benzene rings is 2. The van der Waals surface area contributed by atoms with Crippen LogP contribution in [-0.4, -0.2) is 31.4 Å². The van der Waals surface area contributed by atoms with E-state index < -0.39 is 0 Å². The van der Waals surface area contributed by atoms with E-state index in [2.05, 4.69) is 36.8 Å². The fourth-order valence-electron chi connectivity index (χ4n) is 3.46. The lowest BCUT2D eigenvalue weighted by Gasteiger charge is -2.11. The molecule has 0 bridgehead atoms. The Labute approximate surface area is 221 Å². The van der Waals surface area contributed by atoms with Gasteiger partial charge in [-0.05, 0) is 49.7 Å². The number of nitrogens with one attached hydrogen (secondary N) is 2. The number of hydrogen-bond donors (Lipinski definition) is 2. The van der Waals surface area contributed by atoms with Gasteiger partial charge in [0, 0.05) is 23.6 Å². The molecule has 0 aliphatic rings.